The van der Waals surface area contributed by atoms with Crippen LogP contribution in [0.5, 0.6) is 5.75 Å². The highest BCUT2D eigenvalue weighted by atomic mass is 32.2. The molecule has 0 unspecified atom stereocenters. The van der Waals surface area contributed by atoms with Crippen LogP contribution in [-0.2, 0) is 14.8 Å². The van der Waals surface area contributed by atoms with Crippen molar-refractivity contribution >= 4 is 32.6 Å². The van der Waals surface area contributed by atoms with Crippen LogP contribution in [0.2, 0.25) is 0 Å². The normalized spacial score (nSPS) is 14.8. The minimum absolute atomic E-state index is 0.171. The fourth-order valence-electron chi connectivity index (χ4n) is 4.06. The number of halogens is 1. The number of nitrogens with one attached hydrogen (secondary N) is 1. The average molecular weight is 474 g/mol. The summed E-state index contributed by atoms with van der Waals surface area (Å²) in [6, 6.07) is 5.87. The molecule has 10 heteroatoms. The van der Waals surface area contributed by atoms with Gasteiger partial charge in [-0.1, -0.05) is 6.08 Å². The molecule has 3 heterocycles. The van der Waals surface area contributed by atoms with Crippen molar-refractivity contribution in [1.82, 2.24) is 14.3 Å². The predicted octanol–water partition coefficient (Wildman–Crippen LogP) is 3.60. The molecule has 0 aliphatic carbocycles. The third-order valence-electron chi connectivity index (χ3n) is 5.59. The first-order chi connectivity index (χ1) is 15.7. The molecule has 8 nitrogen and oxygen atoms in total. The number of hydrogen-bond acceptors (Lipinski definition) is 6. The Morgan fingerprint density at radius 2 is 2.06 bits per heavy atom. The van der Waals surface area contributed by atoms with Crippen LogP contribution in [0.4, 0.5) is 4.39 Å². The van der Waals surface area contributed by atoms with Gasteiger partial charge in [0, 0.05) is 30.2 Å². The number of rotatable bonds is 6. The maximum atomic E-state index is 14.1. The van der Waals surface area contributed by atoms with E-state index in [0.29, 0.717) is 46.6 Å². The number of carbonyl (C=O) groups excluding carboxylic acids is 1. The van der Waals surface area contributed by atoms with Crippen molar-refractivity contribution in [3.63, 3.8) is 0 Å². The smallest absolute Gasteiger partial charge is 0.341 e. The van der Waals surface area contributed by atoms with Crippen molar-refractivity contribution in [2.24, 2.45) is 0 Å². The summed E-state index contributed by atoms with van der Waals surface area (Å²) in [5.41, 5.74) is 3.06. The first-order valence-electron chi connectivity index (χ1n) is 10.4. The number of carbonyl (C=O) groups is 1. The van der Waals surface area contributed by atoms with Gasteiger partial charge in [0.15, 0.2) is 0 Å². The number of ether oxygens (including phenoxy) is 2. The molecule has 33 heavy (non-hydrogen) atoms. The summed E-state index contributed by atoms with van der Waals surface area (Å²) >= 11 is 0. The van der Waals surface area contributed by atoms with Crippen LogP contribution in [0, 0.1) is 5.82 Å². The van der Waals surface area contributed by atoms with Gasteiger partial charge in [-0.05, 0) is 48.7 Å². The molecule has 0 radical (unpaired) electrons. The van der Waals surface area contributed by atoms with Crippen molar-refractivity contribution in [2.75, 3.05) is 33.1 Å². The van der Waals surface area contributed by atoms with Crippen LogP contribution in [0.15, 0.2) is 36.5 Å². The van der Waals surface area contributed by atoms with E-state index in [1.165, 1.54) is 35.9 Å². The lowest BCUT2D eigenvalue weighted by Crippen LogP contribution is -2.33. The number of pyridine rings is 1. The molecule has 3 aromatic rings. The molecule has 1 aromatic carbocycles. The molecular weight excluding hydrogens is 449 g/mol. The van der Waals surface area contributed by atoms with E-state index >= 15 is 0 Å². The van der Waals surface area contributed by atoms with Gasteiger partial charge in [-0.25, -0.2) is 22.6 Å². The number of hydrogen-bond donors (Lipinski definition) is 1. The van der Waals surface area contributed by atoms with Crippen molar-refractivity contribution in [2.45, 2.75) is 13.3 Å². The Labute approximate surface area is 191 Å². The molecule has 0 atom stereocenters. The summed E-state index contributed by atoms with van der Waals surface area (Å²) in [6.45, 7) is 2.37. The Morgan fingerprint density at radius 1 is 1.27 bits per heavy atom. The van der Waals surface area contributed by atoms with Gasteiger partial charge in [0.1, 0.15) is 17.2 Å². The number of esters is 1. The molecular formula is C23H24FN3O5S. The van der Waals surface area contributed by atoms with Gasteiger partial charge in [-0.15, -0.1) is 0 Å². The maximum Gasteiger partial charge on any atom is 0.341 e. The van der Waals surface area contributed by atoms with E-state index in [1.807, 2.05) is 0 Å². The second-order valence-electron chi connectivity index (χ2n) is 7.62. The Bertz CT molecular complexity index is 1360. The molecule has 0 amide bonds. The fourth-order valence-corrected chi connectivity index (χ4v) is 4.83. The minimum Gasteiger partial charge on any atom is -0.496 e. The average Bonchev–Trinajstić information content (AvgIpc) is 3.18. The molecule has 174 valence electrons. The highest BCUT2D eigenvalue weighted by Crippen LogP contribution is 2.39. The molecule has 0 saturated carbocycles. The number of methoxy groups -OCH3 is 1. The lowest BCUT2D eigenvalue weighted by atomic mass is 9.96. The minimum atomic E-state index is -3.32. The molecule has 0 fully saturated rings. The number of aromatic amines is 1. The first-order valence-corrected chi connectivity index (χ1v) is 12.3. The number of H-pyrrole nitrogens is 1. The van der Waals surface area contributed by atoms with Gasteiger partial charge in [0.2, 0.25) is 10.0 Å². The van der Waals surface area contributed by atoms with E-state index in [-0.39, 0.29) is 18.7 Å². The van der Waals surface area contributed by atoms with E-state index < -0.39 is 21.8 Å². The molecule has 1 aliphatic heterocycles. The van der Waals surface area contributed by atoms with E-state index in [1.54, 1.807) is 25.3 Å². The fraction of sp³-hybridized carbons (Fsp3) is 0.304. The summed E-state index contributed by atoms with van der Waals surface area (Å²) < 4.78 is 50.1. The predicted molar refractivity (Wildman–Crippen MR) is 123 cm³/mol. The maximum absolute atomic E-state index is 14.1. The molecule has 0 saturated heterocycles. The molecule has 0 bridgehead atoms. The number of sulfonamides is 1. The summed E-state index contributed by atoms with van der Waals surface area (Å²) in [6.07, 6.45) is 4.92. The Hall–Kier alpha value is -3.24. The lowest BCUT2D eigenvalue weighted by Gasteiger charge is -2.24. The Kier molecular flexibility index (Phi) is 6.22. The van der Waals surface area contributed by atoms with E-state index in [4.69, 9.17) is 9.47 Å². The van der Waals surface area contributed by atoms with E-state index in [2.05, 4.69) is 9.97 Å². The number of benzene rings is 1. The quantitative estimate of drug-likeness (QED) is 0.549. The Balaban J connectivity index is 1.95. The zero-order valence-electron chi connectivity index (χ0n) is 18.5. The van der Waals surface area contributed by atoms with Crippen LogP contribution in [-0.4, -0.2) is 61.7 Å². The lowest BCUT2D eigenvalue weighted by molar-refractivity contribution is 0.0528. The van der Waals surface area contributed by atoms with Gasteiger partial charge >= 0.3 is 5.97 Å². The summed E-state index contributed by atoms with van der Waals surface area (Å²) in [7, 11) is -1.83. The summed E-state index contributed by atoms with van der Waals surface area (Å²) in [5.74, 6) is -0.544. The van der Waals surface area contributed by atoms with Gasteiger partial charge in [0.05, 0.1) is 31.2 Å². The highest BCUT2D eigenvalue weighted by molar-refractivity contribution is 7.88. The van der Waals surface area contributed by atoms with Crippen LogP contribution in [0.3, 0.4) is 0 Å². The van der Waals surface area contributed by atoms with Crippen molar-refractivity contribution in [3.05, 3.63) is 53.6 Å². The molecule has 1 aliphatic rings. The van der Waals surface area contributed by atoms with Crippen LogP contribution in [0.1, 0.15) is 29.4 Å². The van der Waals surface area contributed by atoms with E-state index in [9.17, 15) is 17.6 Å². The van der Waals surface area contributed by atoms with Crippen LogP contribution in [0.25, 0.3) is 27.7 Å². The standard InChI is InChI=1S/C23H24FN3O5S/c1-4-32-23(28)20-19-16(17-13-15(24)5-6-18(17)31-2)7-10-25-22(19)26-21(20)14-8-11-27(12-9-14)33(3,29)30/h5-8,10,13H,4,9,11-12H2,1-3H3,(H,25,26). The summed E-state index contributed by atoms with van der Waals surface area (Å²) in [5, 5.41) is 0.487. The topological polar surface area (TPSA) is 102 Å². The number of fused-ring (bicyclic) bond motifs is 1. The monoisotopic (exact) mass is 473 g/mol. The van der Waals surface area contributed by atoms with Gasteiger partial charge in [-0.2, -0.15) is 4.31 Å². The highest BCUT2D eigenvalue weighted by Gasteiger charge is 2.28. The van der Waals surface area contributed by atoms with E-state index in [0.717, 1.165) is 5.57 Å². The number of aromatic nitrogens is 2. The zero-order valence-corrected chi connectivity index (χ0v) is 19.3. The van der Waals surface area contributed by atoms with Gasteiger partial charge in [0.25, 0.3) is 0 Å². The molecule has 4 rings (SSSR count). The molecule has 1 N–H and O–H groups in total. The Morgan fingerprint density at radius 3 is 2.70 bits per heavy atom. The van der Waals surface area contributed by atoms with Crippen LogP contribution >= 0.6 is 0 Å². The summed E-state index contributed by atoms with van der Waals surface area (Å²) in [4.78, 5) is 20.7. The molecule has 2 aromatic heterocycles. The third kappa shape index (κ3) is 4.36. The second kappa shape index (κ2) is 8.95. The van der Waals surface area contributed by atoms with Crippen molar-refractivity contribution < 1.29 is 27.1 Å². The van der Waals surface area contributed by atoms with Crippen LogP contribution < -0.4 is 4.74 Å². The van der Waals surface area contributed by atoms with Gasteiger partial charge < -0.3 is 14.5 Å². The zero-order chi connectivity index (χ0) is 23.8. The van der Waals surface area contributed by atoms with Crippen molar-refractivity contribution in [3.8, 4) is 16.9 Å². The molecule has 0 spiro atoms. The van der Waals surface area contributed by atoms with Crippen molar-refractivity contribution in [1.29, 1.82) is 0 Å². The van der Waals surface area contributed by atoms with Gasteiger partial charge in [-0.3, -0.25) is 0 Å². The number of nitrogens with zero attached hydrogens (tertiary/aromatic N) is 2. The largest absolute Gasteiger partial charge is 0.496 e. The SMILES string of the molecule is CCOC(=O)c1c(C2=CCN(S(C)(=O)=O)CC2)[nH]c2nccc(-c3cc(F)ccc3OC)c12. The first kappa shape index (κ1) is 22.9. The third-order valence-corrected chi connectivity index (χ3v) is 6.86. The second-order valence-corrected chi connectivity index (χ2v) is 9.61.